The summed E-state index contributed by atoms with van der Waals surface area (Å²) in [6, 6.07) is 0.171. The molecule has 1 saturated carbocycles. The lowest BCUT2D eigenvalue weighted by molar-refractivity contribution is -0.133. The van der Waals surface area contributed by atoms with Gasteiger partial charge in [0.25, 0.3) is 5.91 Å². The Balaban J connectivity index is 1.57. The van der Waals surface area contributed by atoms with E-state index >= 15 is 0 Å². The van der Waals surface area contributed by atoms with E-state index < -0.39 is 0 Å². The smallest absolute Gasteiger partial charge is 0.270 e. The van der Waals surface area contributed by atoms with E-state index in [-0.39, 0.29) is 23.4 Å². The number of hydrogen-bond acceptors (Lipinski definition) is 5. The van der Waals surface area contributed by atoms with Crippen molar-refractivity contribution in [1.29, 1.82) is 0 Å². The van der Waals surface area contributed by atoms with Crippen LogP contribution in [-0.2, 0) is 9.53 Å². The molecule has 2 heterocycles. The summed E-state index contributed by atoms with van der Waals surface area (Å²) >= 11 is 1.49. The van der Waals surface area contributed by atoms with Gasteiger partial charge in [-0.05, 0) is 39.0 Å². The molecule has 7 heteroatoms. The lowest BCUT2D eigenvalue weighted by atomic mass is 9.77. The molecule has 1 saturated heterocycles. The van der Waals surface area contributed by atoms with E-state index in [1.54, 1.807) is 12.5 Å². The molecule has 0 radical (unpaired) electrons. The summed E-state index contributed by atoms with van der Waals surface area (Å²) < 4.78 is 5.15. The van der Waals surface area contributed by atoms with Crippen molar-refractivity contribution in [2.24, 2.45) is 0 Å². The maximum absolute atomic E-state index is 12.2. The Bertz CT molecular complexity index is 608. The normalized spacial score (nSPS) is 27.0. The molecule has 0 aromatic carbocycles. The van der Waals surface area contributed by atoms with Gasteiger partial charge in [0.1, 0.15) is 5.69 Å². The maximum Gasteiger partial charge on any atom is 0.270 e. The van der Waals surface area contributed by atoms with Crippen molar-refractivity contribution < 1.29 is 14.3 Å². The monoisotopic (exact) mass is 351 g/mol. The van der Waals surface area contributed by atoms with Crippen molar-refractivity contribution in [1.82, 2.24) is 15.2 Å². The van der Waals surface area contributed by atoms with Gasteiger partial charge in [0.2, 0.25) is 5.91 Å². The first-order chi connectivity index (χ1) is 11.5. The highest BCUT2D eigenvalue weighted by molar-refractivity contribution is 7.09. The van der Waals surface area contributed by atoms with E-state index in [9.17, 15) is 9.59 Å². The molecule has 0 bridgehead atoms. The summed E-state index contributed by atoms with van der Waals surface area (Å²) in [5.41, 5.74) is 0.490. The van der Waals surface area contributed by atoms with Gasteiger partial charge >= 0.3 is 0 Å². The van der Waals surface area contributed by atoms with Gasteiger partial charge < -0.3 is 15.0 Å². The molecular weight excluding hydrogens is 326 g/mol. The van der Waals surface area contributed by atoms with Crippen LogP contribution in [0.2, 0.25) is 0 Å². The molecule has 6 nitrogen and oxygen atoms in total. The molecule has 0 atom stereocenters. The molecule has 1 spiro atoms. The molecule has 0 unspecified atom stereocenters. The van der Waals surface area contributed by atoms with Crippen molar-refractivity contribution in [3.05, 3.63) is 16.1 Å². The van der Waals surface area contributed by atoms with Gasteiger partial charge in [0, 0.05) is 37.0 Å². The SMILES string of the molecule is COCCN1C(=O)CCC12CCC(NC(=O)c1csc(C)n1)CC2. The average molecular weight is 351 g/mol. The fourth-order valence-electron chi connectivity index (χ4n) is 3.96. The molecule has 2 amide bonds. The predicted molar refractivity (Wildman–Crippen MR) is 92.1 cm³/mol. The summed E-state index contributed by atoms with van der Waals surface area (Å²) in [6.45, 7) is 3.15. The number of carbonyl (C=O) groups excluding carboxylic acids is 2. The molecule has 1 aliphatic carbocycles. The first kappa shape index (κ1) is 17.4. The highest BCUT2D eigenvalue weighted by Gasteiger charge is 2.46. The van der Waals surface area contributed by atoms with Gasteiger partial charge in [-0.1, -0.05) is 0 Å². The standard InChI is InChI=1S/C17H25N3O3S/c1-12-18-14(11-24-12)16(22)19-13-3-6-17(7-4-13)8-5-15(21)20(17)9-10-23-2/h11,13H,3-10H2,1-2H3,(H,19,22). The number of aromatic nitrogens is 1. The number of likely N-dealkylation sites (tertiary alicyclic amines) is 1. The molecule has 1 N–H and O–H groups in total. The minimum absolute atomic E-state index is 0.0198. The third kappa shape index (κ3) is 3.47. The predicted octanol–water partition coefficient (Wildman–Crippen LogP) is 2.13. The van der Waals surface area contributed by atoms with Crippen molar-refractivity contribution in [2.75, 3.05) is 20.3 Å². The molecule has 1 aromatic rings. The summed E-state index contributed by atoms with van der Waals surface area (Å²) in [4.78, 5) is 30.7. The van der Waals surface area contributed by atoms with Gasteiger partial charge in [0.05, 0.1) is 11.6 Å². The van der Waals surface area contributed by atoms with Crippen LogP contribution >= 0.6 is 11.3 Å². The van der Waals surface area contributed by atoms with Gasteiger partial charge in [-0.25, -0.2) is 4.98 Å². The van der Waals surface area contributed by atoms with Crippen molar-refractivity contribution in [3.8, 4) is 0 Å². The molecule has 3 rings (SSSR count). The largest absolute Gasteiger partial charge is 0.383 e. The minimum Gasteiger partial charge on any atom is -0.383 e. The Morgan fingerprint density at radius 3 is 2.83 bits per heavy atom. The zero-order valence-electron chi connectivity index (χ0n) is 14.3. The molecule has 24 heavy (non-hydrogen) atoms. The molecule has 1 aromatic heterocycles. The average Bonchev–Trinajstić information content (AvgIpc) is 3.13. The first-order valence-electron chi connectivity index (χ1n) is 8.56. The lowest BCUT2D eigenvalue weighted by Gasteiger charge is -2.43. The Morgan fingerprint density at radius 1 is 1.46 bits per heavy atom. The van der Waals surface area contributed by atoms with Crippen LogP contribution in [0.1, 0.15) is 54.0 Å². The number of amides is 2. The molecule has 2 aliphatic rings. The van der Waals surface area contributed by atoms with Crippen LogP contribution in [0.25, 0.3) is 0 Å². The van der Waals surface area contributed by atoms with Crippen LogP contribution in [0.15, 0.2) is 5.38 Å². The second kappa shape index (κ2) is 7.19. The molecule has 132 valence electrons. The summed E-state index contributed by atoms with van der Waals surface area (Å²) in [7, 11) is 1.67. The van der Waals surface area contributed by atoms with E-state index in [0.717, 1.165) is 37.1 Å². The van der Waals surface area contributed by atoms with Crippen LogP contribution in [0.4, 0.5) is 0 Å². The number of carbonyl (C=O) groups is 2. The third-order valence-electron chi connectivity index (χ3n) is 5.30. The summed E-state index contributed by atoms with van der Waals surface area (Å²) in [5.74, 6) is 0.159. The zero-order chi connectivity index (χ0) is 17.2. The van der Waals surface area contributed by atoms with Crippen LogP contribution in [0, 0.1) is 6.92 Å². The Morgan fingerprint density at radius 2 is 2.21 bits per heavy atom. The van der Waals surface area contributed by atoms with Crippen molar-refractivity contribution in [3.63, 3.8) is 0 Å². The number of hydrogen-bond donors (Lipinski definition) is 1. The van der Waals surface area contributed by atoms with Crippen LogP contribution in [0.3, 0.4) is 0 Å². The summed E-state index contributed by atoms with van der Waals surface area (Å²) in [5, 5.41) is 5.81. The van der Waals surface area contributed by atoms with Crippen LogP contribution in [-0.4, -0.2) is 53.5 Å². The number of aryl methyl sites for hydroxylation is 1. The fourth-order valence-corrected chi connectivity index (χ4v) is 4.56. The van der Waals surface area contributed by atoms with Gasteiger partial charge in [0.15, 0.2) is 0 Å². The van der Waals surface area contributed by atoms with Crippen LogP contribution in [0.5, 0.6) is 0 Å². The van der Waals surface area contributed by atoms with Gasteiger partial charge in [-0.3, -0.25) is 9.59 Å². The topological polar surface area (TPSA) is 71.5 Å². The summed E-state index contributed by atoms with van der Waals surface area (Å²) in [6.07, 6.45) is 5.28. The number of nitrogens with one attached hydrogen (secondary N) is 1. The van der Waals surface area contributed by atoms with E-state index in [0.29, 0.717) is 25.3 Å². The quantitative estimate of drug-likeness (QED) is 0.882. The molecule has 2 fully saturated rings. The lowest BCUT2D eigenvalue weighted by Crippen LogP contribution is -2.52. The number of methoxy groups -OCH3 is 1. The van der Waals surface area contributed by atoms with E-state index in [1.165, 1.54) is 11.3 Å². The fraction of sp³-hybridized carbons (Fsp3) is 0.706. The van der Waals surface area contributed by atoms with Gasteiger partial charge in [-0.15, -0.1) is 11.3 Å². The van der Waals surface area contributed by atoms with E-state index in [1.807, 2.05) is 11.8 Å². The Labute approximate surface area is 146 Å². The van der Waals surface area contributed by atoms with E-state index in [4.69, 9.17) is 4.74 Å². The maximum atomic E-state index is 12.2. The molecule has 1 aliphatic heterocycles. The zero-order valence-corrected chi connectivity index (χ0v) is 15.2. The Kier molecular flexibility index (Phi) is 5.20. The van der Waals surface area contributed by atoms with Crippen molar-refractivity contribution >= 4 is 23.2 Å². The second-order valence-corrected chi connectivity index (χ2v) is 7.82. The van der Waals surface area contributed by atoms with Gasteiger partial charge in [-0.2, -0.15) is 0 Å². The van der Waals surface area contributed by atoms with Crippen LogP contribution < -0.4 is 5.32 Å². The molecular formula is C17H25N3O3S. The highest BCUT2D eigenvalue weighted by Crippen LogP contribution is 2.42. The number of nitrogens with zero attached hydrogens (tertiary/aromatic N) is 2. The number of ether oxygens (including phenoxy) is 1. The Hall–Kier alpha value is -1.47. The first-order valence-corrected chi connectivity index (χ1v) is 9.44. The number of thiazole rings is 1. The van der Waals surface area contributed by atoms with E-state index in [2.05, 4.69) is 10.3 Å². The second-order valence-electron chi connectivity index (χ2n) is 6.76. The minimum atomic E-state index is -0.0842. The highest BCUT2D eigenvalue weighted by atomic mass is 32.1. The number of rotatable bonds is 5. The van der Waals surface area contributed by atoms with Crippen molar-refractivity contribution in [2.45, 2.75) is 57.0 Å². The third-order valence-corrected chi connectivity index (χ3v) is 6.07.